The van der Waals surface area contributed by atoms with Crippen LogP contribution in [0.5, 0.6) is 0 Å². The quantitative estimate of drug-likeness (QED) is 0.550. The Morgan fingerprint density at radius 1 is 1.21 bits per heavy atom. The summed E-state index contributed by atoms with van der Waals surface area (Å²) >= 11 is 0. The number of aliphatic imine (C=N–C) groups is 1. The minimum atomic E-state index is 0.00860. The molecular weight excluding hydrogens is 304 g/mol. The Morgan fingerprint density at radius 2 is 1.83 bits per heavy atom. The summed E-state index contributed by atoms with van der Waals surface area (Å²) < 4.78 is 5.91. The predicted molar refractivity (Wildman–Crippen MR) is 99.3 cm³/mol. The van der Waals surface area contributed by atoms with Crippen LogP contribution in [0.25, 0.3) is 0 Å². The van der Waals surface area contributed by atoms with Crippen molar-refractivity contribution in [1.82, 2.24) is 15.5 Å². The van der Waals surface area contributed by atoms with Crippen molar-refractivity contribution in [2.24, 2.45) is 4.99 Å². The van der Waals surface area contributed by atoms with E-state index in [4.69, 9.17) is 4.74 Å². The number of nitrogens with one attached hydrogen (secondary N) is 2. The fourth-order valence-electron chi connectivity index (χ4n) is 2.68. The van der Waals surface area contributed by atoms with Crippen molar-refractivity contribution in [2.75, 3.05) is 20.6 Å². The van der Waals surface area contributed by atoms with Gasteiger partial charge < -0.3 is 20.3 Å². The van der Waals surface area contributed by atoms with E-state index in [1.807, 2.05) is 0 Å². The van der Waals surface area contributed by atoms with Crippen molar-refractivity contribution in [3.05, 3.63) is 0 Å². The lowest BCUT2D eigenvalue weighted by atomic mass is 9.93. The molecule has 24 heavy (non-hydrogen) atoms. The second kappa shape index (κ2) is 10.5. The van der Waals surface area contributed by atoms with Gasteiger partial charge in [0.25, 0.3) is 0 Å². The van der Waals surface area contributed by atoms with Gasteiger partial charge in [-0.3, -0.25) is 4.79 Å². The minimum absolute atomic E-state index is 0.00860. The fraction of sp³-hybridized carbons (Fsp3) is 0.889. The minimum Gasteiger partial charge on any atom is -0.376 e. The highest BCUT2D eigenvalue weighted by Crippen LogP contribution is 2.22. The van der Waals surface area contributed by atoms with Crippen LogP contribution >= 0.6 is 0 Å². The van der Waals surface area contributed by atoms with Gasteiger partial charge in [-0.2, -0.15) is 0 Å². The number of guanidine groups is 1. The maximum atomic E-state index is 11.8. The zero-order valence-corrected chi connectivity index (χ0v) is 16.3. The maximum Gasteiger partial charge on any atom is 0.243 e. The van der Waals surface area contributed by atoms with E-state index in [0.29, 0.717) is 24.3 Å². The first-order valence-corrected chi connectivity index (χ1v) is 9.24. The normalized spacial score (nSPS) is 23.0. The SMILES string of the molecule is CCC(C)NC(=NCC(=O)N(C)C)NC1CCC(OC(C)C)CC1. The molecule has 0 heterocycles. The first kappa shape index (κ1) is 20.7. The summed E-state index contributed by atoms with van der Waals surface area (Å²) in [5, 5.41) is 6.89. The summed E-state index contributed by atoms with van der Waals surface area (Å²) in [4.78, 5) is 17.8. The van der Waals surface area contributed by atoms with Crippen LogP contribution in [0.3, 0.4) is 0 Å². The van der Waals surface area contributed by atoms with Gasteiger partial charge in [0.1, 0.15) is 6.54 Å². The zero-order chi connectivity index (χ0) is 18.1. The fourth-order valence-corrected chi connectivity index (χ4v) is 2.68. The van der Waals surface area contributed by atoms with Crippen molar-refractivity contribution < 1.29 is 9.53 Å². The van der Waals surface area contributed by atoms with Gasteiger partial charge in [0.15, 0.2) is 5.96 Å². The summed E-state index contributed by atoms with van der Waals surface area (Å²) in [6.45, 7) is 8.61. The molecule has 1 atom stereocenters. The Bertz CT molecular complexity index is 402. The summed E-state index contributed by atoms with van der Waals surface area (Å²) in [5.41, 5.74) is 0. The molecule has 1 rings (SSSR count). The van der Waals surface area contributed by atoms with Crippen LogP contribution in [0.4, 0.5) is 0 Å². The number of hydrogen-bond acceptors (Lipinski definition) is 3. The molecule has 140 valence electrons. The van der Waals surface area contributed by atoms with Crippen LogP contribution in [0.2, 0.25) is 0 Å². The molecule has 0 aromatic heterocycles. The van der Waals surface area contributed by atoms with Gasteiger partial charge in [0, 0.05) is 26.2 Å². The second-order valence-electron chi connectivity index (χ2n) is 7.21. The molecule has 1 aliphatic carbocycles. The van der Waals surface area contributed by atoms with E-state index in [1.165, 1.54) is 0 Å². The first-order chi connectivity index (χ1) is 11.3. The third kappa shape index (κ3) is 7.99. The Kier molecular flexibility index (Phi) is 9.11. The smallest absolute Gasteiger partial charge is 0.243 e. The van der Waals surface area contributed by atoms with Gasteiger partial charge in [0.2, 0.25) is 5.91 Å². The van der Waals surface area contributed by atoms with E-state index in [1.54, 1.807) is 19.0 Å². The Balaban J connectivity index is 2.55. The molecule has 0 saturated heterocycles. The number of ether oxygens (including phenoxy) is 1. The molecule has 1 amide bonds. The van der Waals surface area contributed by atoms with Crippen molar-refractivity contribution in [3.63, 3.8) is 0 Å². The van der Waals surface area contributed by atoms with Crippen LogP contribution in [0.1, 0.15) is 59.8 Å². The van der Waals surface area contributed by atoms with Crippen molar-refractivity contribution in [3.8, 4) is 0 Å². The van der Waals surface area contributed by atoms with Gasteiger partial charge in [-0.25, -0.2) is 4.99 Å². The molecule has 6 heteroatoms. The van der Waals surface area contributed by atoms with E-state index >= 15 is 0 Å². The maximum absolute atomic E-state index is 11.8. The lowest BCUT2D eigenvalue weighted by Gasteiger charge is -2.31. The van der Waals surface area contributed by atoms with E-state index in [0.717, 1.165) is 38.1 Å². The standard InChI is InChI=1S/C18H36N4O2/c1-7-14(4)20-18(19-12-17(23)22(5)6)21-15-8-10-16(11-9-15)24-13(2)3/h13-16H,7-12H2,1-6H3,(H2,19,20,21). The third-order valence-corrected chi connectivity index (χ3v) is 4.35. The number of hydrogen-bond donors (Lipinski definition) is 2. The van der Waals surface area contributed by atoms with Crippen LogP contribution in [0, 0.1) is 0 Å². The molecule has 2 N–H and O–H groups in total. The monoisotopic (exact) mass is 340 g/mol. The molecule has 0 radical (unpaired) electrons. The average molecular weight is 341 g/mol. The largest absolute Gasteiger partial charge is 0.376 e. The summed E-state index contributed by atoms with van der Waals surface area (Å²) in [7, 11) is 3.51. The van der Waals surface area contributed by atoms with E-state index < -0.39 is 0 Å². The Morgan fingerprint density at radius 3 is 2.33 bits per heavy atom. The van der Waals surface area contributed by atoms with Crippen LogP contribution < -0.4 is 10.6 Å². The van der Waals surface area contributed by atoms with E-state index in [9.17, 15) is 4.79 Å². The molecule has 0 aromatic rings. The van der Waals surface area contributed by atoms with Crippen molar-refractivity contribution >= 4 is 11.9 Å². The van der Waals surface area contributed by atoms with Gasteiger partial charge in [-0.1, -0.05) is 6.92 Å². The molecule has 0 aromatic carbocycles. The number of carbonyl (C=O) groups is 1. The lowest BCUT2D eigenvalue weighted by Crippen LogP contribution is -2.48. The van der Waals surface area contributed by atoms with Crippen LogP contribution in [-0.4, -0.2) is 61.7 Å². The number of likely N-dealkylation sites (N-methyl/N-ethyl adjacent to an activating group) is 1. The van der Waals surface area contributed by atoms with Gasteiger partial charge in [-0.15, -0.1) is 0 Å². The van der Waals surface area contributed by atoms with Crippen molar-refractivity contribution in [2.45, 2.75) is 84.1 Å². The van der Waals surface area contributed by atoms with E-state index in [-0.39, 0.29) is 12.5 Å². The molecule has 0 spiro atoms. The second-order valence-corrected chi connectivity index (χ2v) is 7.21. The highest BCUT2D eigenvalue weighted by molar-refractivity contribution is 5.85. The molecule has 1 aliphatic rings. The first-order valence-electron chi connectivity index (χ1n) is 9.24. The Labute approximate surface area is 147 Å². The summed E-state index contributed by atoms with van der Waals surface area (Å²) in [6.07, 6.45) is 5.96. The summed E-state index contributed by atoms with van der Waals surface area (Å²) in [6, 6.07) is 0.716. The number of nitrogens with zero attached hydrogens (tertiary/aromatic N) is 2. The number of carbonyl (C=O) groups excluding carboxylic acids is 1. The molecular formula is C18H36N4O2. The number of rotatable bonds is 7. The van der Waals surface area contributed by atoms with Crippen LogP contribution in [0.15, 0.2) is 4.99 Å². The highest BCUT2D eigenvalue weighted by Gasteiger charge is 2.23. The lowest BCUT2D eigenvalue weighted by molar-refractivity contribution is -0.127. The van der Waals surface area contributed by atoms with Crippen LogP contribution in [-0.2, 0) is 9.53 Å². The van der Waals surface area contributed by atoms with Gasteiger partial charge in [-0.05, 0) is 52.9 Å². The molecule has 1 unspecified atom stereocenters. The molecule has 1 saturated carbocycles. The van der Waals surface area contributed by atoms with Gasteiger partial charge >= 0.3 is 0 Å². The topological polar surface area (TPSA) is 66.0 Å². The van der Waals surface area contributed by atoms with Crippen molar-refractivity contribution in [1.29, 1.82) is 0 Å². The Hall–Kier alpha value is -1.30. The molecule has 6 nitrogen and oxygen atoms in total. The molecule has 1 fully saturated rings. The van der Waals surface area contributed by atoms with E-state index in [2.05, 4.69) is 43.3 Å². The van der Waals surface area contributed by atoms with Gasteiger partial charge in [0.05, 0.1) is 12.2 Å². The highest BCUT2D eigenvalue weighted by atomic mass is 16.5. The summed E-state index contributed by atoms with van der Waals surface area (Å²) in [5.74, 6) is 0.752. The average Bonchev–Trinajstić information content (AvgIpc) is 2.53. The predicted octanol–water partition coefficient (Wildman–Crippen LogP) is 2.14. The third-order valence-electron chi connectivity index (χ3n) is 4.35. The molecule has 0 aliphatic heterocycles. The molecule has 0 bridgehead atoms. The number of amides is 1. The zero-order valence-electron chi connectivity index (χ0n) is 16.3.